The van der Waals surface area contributed by atoms with Gasteiger partial charge in [0, 0.05) is 45.9 Å². The van der Waals surface area contributed by atoms with Gasteiger partial charge in [-0.25, -0.2) is 14.7 Å². The number of aromatic nitrogens is 4. The Morgan fingerprint density at radius 3 is 2.07 bits per heavy atom. The van der Waals surface area contributed by atoms with Crippen molar-refractivity contribution in [2.45, 2.75) is 47.0 Å². The molecule has 0 radical (unpaired) electrons. The lowest BCUT2D eigenvalue weighted by molar-refractivity contribution is -0.156. The monoisotopic (exact) mass is 604 g/mol. The Kier molecular flexibility index (Phi) is 11.3. The van der Waals surface area contributed by atoms with Crippen LogP contribution >= 0.6 is 0 Å². The maximum atomic E-state index is 13.7. The third kappa shape index (κ3) is 8.58. The molecule has 1 N–H and O–H groups in total. The third-order valence-electron chi connectivity index (χ3n) is 6.32. The first kappa shape index (κ1) is 32.0. The molecule has 2 aromatic carbocycles. The zero-order valence-corrected chi connectivity index (χ0v) is 25.1. The Bertz CT molecular complexity index is 1500. The number of ether oxygens (including phenoxy) is 4. The van der Waals surface area contributed by atoms with E-state index in [4.69, 9.17) is 18.9 Å². The topological polar surface area (TPSA) is 147 Å². The molecule has 2 aromatic heterocycles. The van der Waals surface area contributed by atoms with E-state index in [1.807, 2.05) is 50.2 Å². The van der Waals surface area contributed by atoms with Crippen LogP contribution in [0.1, 0.15) is 34.1 Å². The van der Waals surface area contributed by atoms with Crippen LogP contribution in [0, 0.1) is 5.92 Å². The van der Waals surface area contributed by atoms with Crippen molar-refractivity contribution in [1.82, 2.24) is 19.5 Å². The van der Waals surface area contributed by atoms with Crippen LogP contribution < -0.4 is 15.0 Å². The number of benzene rings is 2. The molecule has 1 atom stereocenters. The number of fused-ring (bicyclic) bond motifs is 1. The molecule has 13 nitrogen and oxygen atoms in total. The van der Waals surface area contributed by atoms with Crippen molar-refractivity contribution in [3.05, 3.63) is 67.0 Å². The van der Waals surface area contributed by atoms with Crippen LogP contribution in [0.5, 0.6) is 5.88 Å². The van der Waals surface area contributed by atoms with Gasteiger partial charge >= 0.3 is 12.1 Å². The summed E-state index contributed by atoms with van der Waals surface area (Å²) >= 11 is 0. The Morgan fingerprint density at radius 1 is 0.909 bits per heavy atom. The van der Waals surface area contributed by atoms with Crippen molar-refractivity contribution < 1.29 is 33.3 Å². The second kappa shape index (κ2) is 15.5. The minimum atomic E-state index is -0.741. The van der Waals surface area contributed by atoms with Gasteiger partial charge in [0.25, 0.3) is 5.88 Å². The number of amides is 2. The number of carbonyl (C=O) groups is 3. The lowest BCUT2D eigenvalue weighted by atomic mass is 10.1. The molecule has 4 rings (SSSR count). The van der Waals surface area contributed by atoms with E-state index in [9.17, 15) is 14.4 Å². The summed E-state index contributed by atoms with van der Waals surface area (Å²) < 4.78 is 24.3. The molecule has 0 bridgehead atoms. The molecular formula is C31H36N6O7. The Balaban J connectivity index is 1.70. The summed E-state index contributed by atoms with van der Waals surface area (Å²) in [5.41, 5.74) is 1.65. The summed E-state index contributed by atoms with van der Waals surface area (Å²) in [4.78, 5) is 51.9. The number of carbonyl (C=O) groups excluding carboxylic acids is 3. The molecule has 44 heavy (non-hydrogen) atoms. The maximum Gasteiger partial charge on any atom is 0.425 e. The quantitative estimate of drug-likeness (QED) is 0.152. The second-order valence-corrected chi connectivity index (χ2v) is 9.72. The average molecular weight is 605 g/mol. The Hall–Kier alpha value is -4.88. The van der Waals surface area contributed by atoms with Crippen LogP contribution in [-0.2, 0) is 30.3 Å². The van der Waals surface area contributed by atoms with Crippen LogP contribution in [0.25, 0.3) is 11.2 Å². The fraction of sp³-hybridized carbons (Fsp3) is 0.355. The summed E-state index contributed by atoms with van der Waals surface area (Å²) in [6.45, 7) is 7.69. The molecular weight excluding hydrogens is 568 g/mol. The molecule has 0 fully saturated rings. The Morgan fingerprint density at radius 2 is 1.52 bits per heavy atom. The lowest BCUT2D eigenvalue weighted by Crippen LogP contribution is -2.29. The molecule has 0 saturated heterocycles. The van der Waals surface area contributed by atoms with Gasteiger partial charge in [-0.1, -0.05) is 36.4 Å². The van der Waals surface area contributed by atoms with Gasteiger partial charge in [-0.15, -0.1) is 0 Å². The van der Waals surface area contributed by atoms with Crippen LogP contribution in [0.15, 0.2) is 67.0 Å². The number of nitrogens with zero attached hydrogens (tertiary/aromatic N) is 5. The summed E-state index contributed by atoms with van der Waals surface area (Å²) in [5.74, 6) is -1.29. The zero-order chi connectivity index (χ0) is 31.5. The van der Waals surface area contributed by atoms with Gasteiger partial charge in [-0.3, -0.25) is 14.9 Å². The molecule has 2 heterocycles. The van der Waals surface area contributed by atoms with Crippen molar-refractivity contribution in [3.63, 3.8) is 0 Å². The minimum absolute atomic E-state index is 0.0708. The predicted octanol–water partition coefficient (Wildman–Crippen LogP) is 5.09. The van der Waals surface area contributed by atoms with E-state index in [0.29, 0.717) is 43.2 Å². The highest BCUT2D eigenvalue weighted by atomic mass is 16.7. The van der Waals surface area contributed by atoms with Crippen molar-refractivity contribution in [1.29, 1.82) is 0 Å². The van der Waals surface area contributed by atoms with E-state index in [0.717, 1.165) is 0 Å². The van der Waals surface area contributed by atoms with E-state index in [2.05, 4.69) is 20.3 Å². The number of anilines is 3. The molecule has 13 heteroatoms. The third-order valence-corrected chi connectivity index (χ3v) is 6.32. The SMILES string of the molecule is CCOC(C[C@@H](COC(C)=O)Cn1cnc2c(OC(=O)N(c3ccccc3)c3ccccc3)nc(NC(C)=O)nc21)OCC. The van der Waals surface area contributed by atoms with Crippen LogP contribution in [0.2, 0.25) is 0 Å². The molecule has 0 aliphatic rings. The highest BCUT2D eigenvalue weighted by Gasteiger charge is 2.26. The predicted molar refractivity (Wildman–Crippen MR) is 162 cm³/mol. The summed E-state index contributed by atoms with van der Waals surface area (Å²) in [7, 11) is 0. The van der Waals surface area contributed by atoms with Crippen LogP contribution in [0.4, 0.5) is 22.1 Å². The van der Waals surface area contributed by atoms with Gasteiger partial charge in [-0.05, 0) is 38.1 Å². The summed E-state index contributed by atoms with van der Waals surface area (Å²) in [6, 6.07) is 18.1. The first-order chi connectivity index (χ1) is 21.3. The highest BCUT2D eigenvalue weighted by Crippen LogP contribution is 2.29. The molecule has 0 aliphatic carbocycles. The van der Waals surface area contributed by atoms with Crippen LogP contribution in [0.3, 0.4) is 0 Å². The van der Waals surface area contributed by atoms with Crippen molar-refractivity contribution in [2.75, 3.05) is 30.0 Å². The fourth-order valence-corrected chi connectivity index (χ4v) is 4.52. The number of nitrogens with one attached hydrogen (secondary N) is 1. The standard InChI is InChI=1S/C31H36N6O7/c1-5-41-26(42-6-2)17-23(19-43-22(4)39)18-36-20-32-27-28(36)34-30(33-21(3)38)35-29(27)44-31(40)37(24-13-9-7-10-14-24)25-15-11-8-12-16-25/h7-16,20,23,26H,5-6,17-19H2,1-4H3,(H,33,34,35,38)/t23-/m1/s1. The van der Waals surface area contributed by atoms with Crippen molar-refractivity contribution >= 4 is 46.5 Å². The molecule has 0 aliphatic heterocycles. The number of para-hydroxylation sites is 2. The first-order valence-corrected chi connectivity index (χ1v) is 14.3. The number of esters is 1. The summed E-state index contributed by atoms with van der Waals surface area (Å²) in [5, 5.41) is 2.56. The van der Waals surface area contributed by atoms with Gasteiger partial charge in [0.15, 0.2) is 17.5 Å². The first-order valence-electron chi connectivity index (χ1n) is 14.3. The van der Waals surface area contributed by atoms with E-state index in [1.54, 1.807) is 28.8 Å². The molecule has 2 amide bonds. The normalized spacial score (nSPS) is 11.8. The number of hydrogen-bond acceptors (Lipinski definition) is 10. The van der Waals surface area contributed by atoms with E-state index < -0.39 is 24.3 Å². The van der Waals surface area contributed by atoms with E-state index in [1.165, 1.54) is 25.1 Å². The molecule has 0 spiro atoms. The molecule has 4 aromatic rings. The smallest absolute Gasteiger partial charge is 0.425 e. The highest BCUT2D eigenvalue weighted by molar-refractivity contribution is 5.98. The number of hydrogen-bond donors (Lipinski definition) is 1. The number of rotatable bonds is 14. The van der Waals surface area contributed by atoms with Gasteiger partial charge < -0.3 is 23.5 Å². The van der Waals surface area contributed by atoms with E-state index >= 15 is 0 Å². The molecule has 0 saturated carbocycles. The van der Waals surface area contributed by atoms with Crippen LogP contribution in [-0.4, -0.2) is 63.6 Å². The average Bonchev–Trinajstić information content (AvgIpc) is 3.39. The largest absolute Gasteiger partial charge is 0.466 e. The second-order valence-electron chi connectivity index (χ2n) is 9.72. The summed E-state index contributed by atoms with van der Waals surface area (Å²) in [6.07, 6.45) is 0.693. The van der Waals surface area contributed by atoms with E-state index in [-0.39, 0.29) is 29.9 Å². The van der Waals surface area contributed by atoms with Gasteiger partial charge in [0.1, 0.15) is 0 Å². The van der Waals surface area contributed by atoms with Crippen molar-refractivity contribution in [2.24, 2.45) is 5.92 Å². The van der Waals surface area contributed by atoms with Crippen molar-refractivity contribution in [3.8, 4) is 5.88 Å². The van der Waals surface area contributed by atoms with Gasteiger partial charge in [-0.2, -0.15) is 9.97 Å². The zero-order valence-electron chi connectivity index (χ0n) is 25.1. The number of imidazole rings is 1. The van der Waals surface area contributed by atoms with Gasteiger partial charge in [0.2, 0.25) is 11.9 Å². The molecule has 0 unspecified atom stereocenters. The van der Waals surface area contributed by atoms with Gasteiger partial charge in [0.05, 0.1) is 24.3 Å². The lowest BCUT2D eigenvalue weighted by Gasteiger charge is -2.23. The minimum Gasteiger partial charge on any atom is -0.466 e. The maximum absolute atomic E-state index is 13.7. The molecule has 232 valence electrons. The fourth-order valence-electron chi connectivity index (χ4n) is 4.52. The Labute approximate surface area is 255 Å².